The normalized spacial score (nSPS) is 25.0. The van der Waals surface area contributed by atoms with Crippen LogP contribution in [0.5, 0.6) is 0 Å². The number of nitrogens with zero attached hydrogens (tertiary/aromatic N) is 3. The van der Waals surface area contributed by atoms with Crippen molar-refractivity contribution in [1.29, 1.82) is 0 Å². The summed E-state index contributed by atoms with van der Waals surface area (Å²) < 4.78 is 0. The second-order valence-corrected chi connectivity index (χ2v) is 5.46. The zero-order valence-electron chi connectivity index (χ0n) is 11.5. The minimum atomic E-state index is -0.303. The Bertz CT molecular complexity index is 532. The van der Waals surface area contributed by atoms with Gasteiger partial charge in [-0.2, -0.15) is 10.1 Å². The van der Waals surface area contributed by atoms with Gasteiger partial charge in [0, 0.05) is 13.0 Å². The smallest absolute Gasteiger partial charge is 0.233 e. The van der Waals surface area contributed by atoms with Crippen molar-refractivity contribution in [1.82, 2.24) is 20.1 Å². The van der Waals surface area contributed by atoms with Gasteiger partial charge in [-0.1, -0.05) is 12.8 Å². The second kappa shape index (κ2) is 5.63. The predicted octanol–water partition coefficient (Wildman–Crippen LogP) is 0.308. The number of anilines is 1. The standard InChI is InChI=1S/C13H17N5O3/c19-10(16-13-14-7-15-17-13)5-6-18-11(20)8-3-1-2-4-9(8)12(18)21/h7-9H,1-6H2,(H2,14,15,16,17,19)/t8-,9-/m0/s1. The van der Waals surface area contributed by atoms with Crippen molar-refractivity contribution in [2.24, 2.45) is 11.8 Å². The SMILES string of the molecule is O=C(CCN1C(=O)[C@H]2CCCC[C@@H]2C1=O)Nc1ncn[nH]1. The highest BCUT2D eigenvalue weighted by atomic mass is 16.2. The Morgan fingerprint density at radius 2 is 1.95 bits per heavy atom. The van der Waals surface area contributed by atoms with Crippen molar-refractivity contribution in [3.8, 4) is 0 Å². The third kappa shape index (κ3) is 2.65. The molecule has 2 fully saturated rings. The minimum Gasteiger partial charge on any atom is -0.295 e. The number of amides is 3. The van der Waals surface area contributed by atoms with Crippen molar-refractivity contribution in [3.05, 3.63) is 6.33 Å². The lowest BCUT2D eigenvalue weighted by Gasteiger charge is -2.19. The molecule has 2 heterocycles. The minimum absolute atomic E-state index is 0.0671. The Hall–Kier alpha value is -2.25. The molecule has 112 valence electrons. The van der Waals surface area contributed by atoms with Crippen LogP contribution in [-0.2, 0) is 14.4 Å². The van der Waals surface area contributed by atoms with Crippen molar-refractivity contribution in [3.63, 3.8) is 0 Å². The maximum atomic E-state index is 12.2. The Balaban J connectivity index is 1.56. The number of aromatic amines is 1. The molecule has 0 radical (unpaired) electrons. The fraction of sp³-hybridized carbons (Fsp3) is 0.615. The van der Waals surface area contributed by atoms with E-state index in [0.717, 1.165) is 25.7 Å². The van der Waals surface area contributed by atoms with Gasteiger partial charge in [-0.05, 0) is 12.8 Å². The van der Waals surface area contributed by atoms with E-state index in [1.807, 2.05) is 0 Å². The first-order valence-corrected chi connectivity index (χ1v) is 7.17. The fourth-order valence-electron chi connectivity index (χ4n) is 3.12. The van der Waals surface area contributed by atoms with Crippen LogP contribution in [0.4, 0.5) is 5.95 Å². The van der Waals surface area contributed by atoms with E-state index in [-0.39, 0.29) is 48.5 Å². The first-order chi connectivity index (χ1) is 10.2. The lowest BCUT2D eigenvalue weighted by atomic mass is 9.81. The number of hydrogen-bond donors (Lipinski definition) is 2. The van der Waals surface area contributed by atoms with E-state index in [9.17, 15) is 14.4 Å². The van der Waals surface area contributed by atoms with Gasteiger partial charge in [0.2, 0.25) is 23.7 Å². The van der Waals surface area contributed by atoms with Crippen molar-refractivity contribution in [2.45, 2.75) is 32.1 Å². The molecule has 8 nitrogen and oxygen atoms in total. The monoisotopic (exact) mass is 291 g/mol. The number of likely N-dealkylation sites (tertiary alicyclic amines) is 1. The third-order valence-electron chi connectivity index (χ3n) is 4.17. The molecule has 2 aliphatic rings. The molecule has 3 amide bonds. The first kappa shape index (κ1) is 13.7. The Kier molecular flexibility index (Phi) is 3.68. The van der Waals surface area contributed by atoms with Crippen LogP contribution >= 0.6 is 0 Å². The summed E-state index contributed by atoms with van der Waals surface area (Å²) in [5.41, 5.74) is 0. The molecule has 1 aromatic heterocycles. The molecular weight excluding hydrogens is 274 g/mol. The molecule has 2 N–H and O–H groups in total. The molecule has 0 spiro atoms. The molecule has 1 aliphatic carbocycles. The van der Waals surface area contributed by atoms with Crippen LogP contribution < -0.4 is 5.32 Å². The molecule has 1 aromatic rings. The molecule has 2 atom stereocenters. The molecule has 3 rings (SSSR count). The van der Waals surface area contributed by atoms with Crippen LogP contribution in [0.15, 0.2) is 6.33 Å². The lowest BCUT2D eigenvalue weighted by Crippen LogP contribution is -2.34. The maximum Gasteiger partial charge on any atom is 0.233 e. The van der Waals surface area contributed by atoms with Gasteiger partial charge in [0.05, 0.1) is 11.8 Å². The quantitative estimate of drug-likeness (QED) is 0.776. The van der Waals surface area contributed by atoms with Gasteiger partial charge in [0.15, 0.2) is 0 Å². The Morgan fingerprint density at radius 1 is 1.29 bits per heavy atom. The van der Waals surface area contributed by atoms with Gasteiger partial charge < -0.3 is 0 Å². The fourth-order valence-corrected chi connectivity index (χ4v) is 3.12. The number of carbonyl (C=O) groups is 3. The highest BCUT2D eigenvalue weighted by molar-refractivity contribution is 6.05. The largest absolute Gasteiger partial charge is 0.295 e. The summed E-state index contributed by atoms with van der Waals surface area (Å²) in [5.74, 6) is -0.600. The number of H-pyrrole nitrogens is 1. The molecule has 0 aromatic carbocycles. The summed E-state index contributed by atoms with van der Waals surface area (Å²) in [4.78, 5) is 41.2. The highest BCUT2D eigenvalue weighted by Crippen LogP contribution is 2.37. The highest BCUT2D eigenvalue weighted by Gasteiger charge is 2.47. The van der Waals surface area contributed by atoms with E-state index in [2.05, 4.69) is 20.5 Å². The van der Waals surface area contributed by atoms with Crippen LogP contribution in [0, 0.1) is 11.8 Å². The van der Waals surface area contributed by atoms with Gasteiger partial charge in [-0.3, -0.25) is 24.6 Å². The Labute approximate surface area is 121 Å². The first-order valence-electron chi connectivity index (χ1n) is 7.17. The molecule has 21 heavy (non-hydrogen) atoms. The van der Waals surface area contributed by atoms with E-state index in [1.165, 1.54) is 11.2 Å². The van der Waals surface area contributed by atoms with E-state index in [1.54, 1.807) is 0 Å². The molecule has 0 unspecified atom stereocenters. The van der Waals surface area contributed by atoms with Gasteiger partial charge >= 0.3 is 0 Å². The van der Waals surface area contributed by atoms with Crippen molar-refractivity contribution < 1.29 is 14.4 Å². The van der Waals surface area contributed by atoms with Crippen LogP contribution in [0.2, 0.25) is 0 Å². The van der Waals surface area contributed by atoms with E-state index in [0.29, 0.717) is 0 Å². The van der Waals surface area contributed by atoms with E-state index in [4.69, 9.17) is 0 Å². The van der Waals surface area contributed by atoms with E-state index >= 15 is 0 Å². The van der Waals surface area contributed by atoms with Crippen LogP contribution in [-0.4, -0.2) is 44.3 Å². The second-order valence-electron chi connectivity index (χ2n) is 5.46. The number of aromatic nitrogens is 3. The van der Waals surface area contributed by atoms with E-state index < -0.39 is 0 Å². The topological polar surface area (TPSA) is 108 Å². The van der Waals surface area contributed by atoms with Gasteiger partial charge in [0.1, 0.15) is 6.33 Å². The third-order valence-corrected chi connectivity index (χ3v) is 4.17. The summed E-state index contributed by atoms with van der Waals surface area (Å²) in [6.07, 6.45) is 4.93. The number of imide groups is 1. The molecule has 0 bridgehead atoms. The van der Waals surface area contributed by atoms with Crippen molar-refractivity contribution in [2.75, 3.05) is 11.9 Å². The summed E-state index contributed by atoms with van der Waals surface area (Å²) in [6, 6.07) is 0. The number of hydrogen-bond acceptors (Lipinski definition) is 5. The average Bonchev–Trinajstić information content (AvgIpc) is 3.07. The number of carbonyl (C=O) groups excluding carboxylic acids is 3. The lowest BCUT2D eigenvalue weighted by molar-refractivity contribution is -0.140. The molecule has 1 saturated carbocycles. The van der Waals surface area contributed by atoms with Gasteiger partial charge in [-0.15, -0.1) is 0 Å². The van der Waals surface area contributed by atoms with Gasteiger partial charge in [-0.25, -0.2) is 5.10 Å². The molecule has 1 aliphatic heterocycles. The number of nitrogens with one attached hydrogen (secondary N) is 2. The van der Waals surface area contributed by atoms with Gasteiger partial charge in [0.25, 0.3) is 0 Å². The average molecular weight is 291 g/mol. The Morgan fingerprint density at radius 3 is 2.52 bits per heavy atom. The zero-order valence-corrected chi connectivity index (χ0v) is 11.5. The predicted molar refractivity (Wildman–Crippen MR) is 71.8 cm³/mol. The summed E-state index contributed by atoms with van der Waals surface area (Å²) in [7, 11) is 0. The molecule has 1 saturated heterocycles. The summed E-state index contributed by atoms with van der Waals surface area (Å²) in [6.45, 7) is 0.130. The van der Waals surface area contributed by atoms with Crippen LogP contribution in [0.3, 0.4) is 0 Å². The van der Waals surface area contributed by atoms with Crippen LogP contribution in [0.25, 0.3) is 0 Å². The number of rotatable bonds is 4. The molecule has 8 heteroatoms. The molecular formula is C13H17N5O3. The maximum absolute atomic E-state index is 12.2. The zero-order chi connectivity index (χ0) is 14.8. The van der Waals surface area contributed by atoms with Crippen LogP contribution in [0.1, 0.15) is 32.1 Å². The van der Waals surface area contributed by atoms with Crippen molar-refractivity contribution >= 4 is 23.7 Å². The summed E-state index contributed by atoms with van der Waals surface area (Å²) in [5, 5.41) is 8.65. The summed E-state index contributed by atoms with van der Waals surface area (Å²) >= 11 is 0. The number of fused-ring (bicyclic) bond motifs is 1.